The van der Waals surface area contributed by atoms with Crippen molar-refractivity contribution in [3.05, 3.63) is 59.8 Å². The fourth-order valence-electron chi connectivity index (χ4n) is 3.47. The van der Waals surface area contributed by atoms with Gasteiger partial charge >= 0.3 is 0 Å². The van der Waals surface area contributed by atoms with Crippen molar-refractivity contribution in [3.63, 3.8) is 0 Å². The zero-order valence-corrected chi connectivity index (χ0v) is 16.6. The van der Waals surface area contributed by atoms with Gasteiger partial charge in [-0.25, -0.2) is 4.98 Å². The van der Waals surface area contributed by atoms with E-state index in [-0.39, 0.29) is 11.9 Å². The van der Waals surface area contributed by atoms with Gasteiger partial charge in [-0.15, -0.1) is 0 Å². The lowest BCUT2D eigenvalue weighted by Crippen LogP contribution is -2.48. The molecule has 144 valence electrons. The Hall–Kier alpha value is -2.40. The summed E-state index contributed by atoms with van der Waals surface area (Å²) in [6.07, 6.45) is 1.76. The molecule has 1 aromatic heterocycles. The number of hydrogen-bond donors (Lipinski definition) is 0. The molecular formula is C22H30N4O. The van der Waals surface area contributed by atoms with Gasteiger partial charge in [-0.3, -0.25) is 4.79 Å². The monoisotopic (exact) mass is 366 g/mol. The fourth-order valence-corrected chi connectivity index (χ4v) is 3.47. The van der Waals surface area contributed by atoms with Crippen molar-refractivity contribution in [3.8, 4) is 0 Å². The number of piperazine rings is 1. The maximum absolute atomic E-state index is 13.0. The Labute approximate surface area is 162 Å². The van der Waals surface area contributed by atoms with Gasteiger partial charge in [0.15, 0.2) is 0 Å². The van der Waals surface area contributed by atoms with Gasteiger partial charge in [0.25, 0.3) is 5.91 Å². The van der Waals surface area contributed by atoms with Crippen molar-refractivity contribution in [2.24, 2.45) is 0 Å². The molecule has 0 aliphatic carbocycles. The van der Waals surface area contributed by atoms with Crippen LogP contribution in [0.5, 0.6) is 0 Å². The van der Waals surface area contributed by atoms with Crippen LogP contribution >= 0.6 is 0 Å². The van der Waals surface area contributed by atoms with E-state index in [1.165, 1.54) is 5.56 Å². The molecule has 1 aliphatic rings. The quantitative estimate of drug-likeness (QED) is 0.787. The standard InChI is InChI=1S/C22H30N4O/c1-4-24-12-14-25(15-13-24)22(27)20-10-11-23-21(16-20)26(18(2)3)17-19-8-6-5-7-9-19/h5-11,16,18H,4,12-15,17H2,1-3H3. The summed E-state index contributed by atoms with van der Waals surface area (Å²) >= 11 is 0. The van der Waals surface area contributed by atoms with E-state index in [0.717, 1.165) is 50.6 Å². The van der Waals surface area contributed by atoms with E-state index in [4.69, 9.17) is 0 Å². The van der Waals surface area contributed by atoms with Crippen LogP contribution in [0.2, 0.25) is 0 Å². The van der Waals surface area contributed by atoms with Gasteiger partial charge in [0.2, 0.25) is 0 Å². The van der Waals surface area contributed by atoms with Crippen molar-refractivity contribution in [2.45, 2.75) is 33.4 Å². The highest BCUT2D eigenvalue weighted by Gasteiger charge is 2.22. The summed E-state index contributed by atoms with van der Waals surface area (Å²) in [6.45, 7) is 11.8. The summed E-state index contributed by atoms with van der Waals surface area (Å²) < 4.78 is 0. The average Bonchev–Trinajstić information content (AvgIpc) is 2.72. The Kier molecular flexibility index (Phi) is 6.45. The Morgan fingerprint density at radius 2 is 1.81 bits per heavy atom. The topological polar surface area (TPSA) is 39.7 Å². The maximum atomic E-state index is 13.0. The highest BCUT2D eigenvalue weighted by molar-refractivity contribution is 5.95. The van der Waals surface area contributed by atoms with Gasteiger partial charge in [0.05, 0.1) is 0 Å². The molecule has 1 aliphatic heterocycles. The second-order valence-electron chi connectivity index (χ2n) is 7.34. The summed E-state index contributed by atoms with van der Waals surface area (Å²) in [7, 11) is 0. The number of anilines is 1. The number of carbonyl (C=O) groups is 1. The second-order valence-corrected chi connectivity index (χ2v) is 7.34. The molecule has 3 rings (SSSR count). The van der Waals surface area contributed by atoms with E-state index < -0.39 is 0 Å². The van der Waals surface area contributed by atoms with Crippen LogP contribution in [0.3, 0.4) is 0 Å². The van der Waals surface area contributed by atoms with Crippen LogP contribution in [0.15, 0.2) is 48.7 Å². The molecular weight excluding hydrogens is 336 g/mol. The van der Waals surface area contributed by atoms with Crippen LogP contribution in [0, 0.1) is 0 Å². The third-order valence-corrected chi connectivity index (χ3v) is 5.21. The Morgan fingerprint density at radius 1 is 1.11 bits per heavy atom. The van der Waals surface area contributed by atoms with Crippen LogP contribution < -0.4 is 4.90 Å². The van der Waals surface area contributed by atoms with E-state index in [0.29, 0.717) is 0 Å². The zero-order chi connectivity index (χ0) is 19.2. The second kappa shape index (κ2) is 9.00. The van der Waals surface area contributed by atoms with E-state index in [1.807, 2.05) is 23.1 Å². The number of pyridine rings is 1. The number of rotatable bonds is 6. The summed E-state index contributed by atoms with van der Waals surface area (Å²) in [5.74, 6) is 0.963. The number of hydrogen-bond acceptors (Lipinski definition) is 4. The molecule has 1 saturated heterocycles. The van der Waals surface area contributed by atoms with Gasteiger partial charge in [0.1, 0.15) is 5.82 Å². The first-order valence-electron chi connectivity index (χ1n) is 9.86. The van der Waals surface area contributed by atoms with Gasteiger partial charge in [0, 0.05) is 50.5 Å². The van der Waals surface area contributed by atoms with Crippen LogP contribution in [-0.2, 0) is 6.54 Å². The fraction of sp³-hybridized carbons (Fsp3) is 0.455. The molecule has 2 heterocycles. The minimum atomic E-state index is 0.109. The molecule has 2 aromatic rings. The van der Waals surface area contributed by atoms with Crippen molar-refractivity contribution < 1.29 is 4.79 Å². The van der Waals surface area contributed by atoms with Gasteiger partial charge < -0.3 is 14.7 Å². The number of benzene rings is 1. The highest BCUT2D eigenvalue weighted by Crippen LogP contribution is 2.20. The van der Waals surface area contributed by atoms with E-state index in [1.54, 1.807) is 6.20 Å². The van der Waals surface area contributed by atoms with Crippen LogP contribution in [0.1, 0.15) is 36.7 Å². The number of nitrogens with zero attached hydrogens (tertiary/aromatic N) is 4. The van der Waals surface area contributed by atoms with Crippen molar-refractivity contribution in [2.75, 3.05) is 37.6 Å². The smallest absolute Gasteiger partial charge is 0.254 e. The predicted molar refractivity (Wildman–Crippen MR) is 110 cm³/mol. The Bertz CT molecular complexity index is 739. The van der Waals surface area contributed by atoms with Crippen LogP contribution in [-0.4, -0.2) is 59.5 Å². The van der Waals surface area contributed by atoms with E-state index >= 15 is 0 Å². The van der Waals surface area contributed by atoms with Gasteiger partial charge in [-0.2, -0.15) is 0 Å². The van der Waals surface area contributed by atoms with Crippen LogP contribution in [0.25, 0.3) is 0 Å². The van der Waals surface area contributed by atoms with E-state index in [2.05, 4.69) is 59.8 Å². The number of amides is 1. The van der Waals surface area contributed by atoms with Crippen molar-refractivity contribution >= 4 is 11.7 Å². The Balaban J connectivity index is 1.76. The first kappa shape index (κ1) is 19.4. The summed E-state index contributed by atoms with van der Waals surface area (Å²) in [5, 5.41) is 0. The molecule has 0 N–H and O–H groups in total. The number of aromatic nitrogens is 1. The average molecular weight is 367 g/mol. The van der Waals surface area contributed by atoms with Crippen LogP contribution in [0.4, 0.5) is 5.82 Å². The molecule has 5 nitrogen and oxygen atoms in total. The molecule has 0 bridgehead atoms. The summed E-state index contributed by atoms with van der Waals surface area (Å²) in [5.41, 5.74) is 1.96. The van der Waals surface area contributed by atoms with E-state index in [9.17, 15) is 4.79 Å². The number of likely N-dealkylation sites (N-methyl/N-ethyl adjacent to an activating group) is 1. The zero-order valence-electron chi connectivity index (χ0n) is 16.6. The van der Waals surface area contributed by atoms with Crippen molar-refractivity contribution in [1.82, 2.24) is 14.8 Å². The number of carbonyl (C=O) groups excluding carboxylic acids is 1. The van der Waals surface area contributed by atoms with Crippen molar-refractivity contribution in [1.29, 1.82) is 0 Å². The lowest BCUT2D eigenvalue weighted by molar-refractivity contribution is 0.0643. The molecule has 5 heteroatoms. The molecule has 0 spiro atoms. The molecule has 0 unspecified atom stereocenters. The third kappa shape index (κ3) is 4.86. The molecule has 0 atom stereocenters. The molecule has 1 fully saturated rings. The summed E-state index contributed by atoms with van der Waals surface area (Å²) in [6, 6.07) is 14.4. The minimum absolute atomic E-state index is 0.109. The highest BCUT2D eigenvalue weighted by atomic mass is 16.2. The first-order chi connectivity index (χ1) is 13.1. The SMILES string of the molecule is CCN1CCN(C(=O)c2ccnc(N(Cc3ccccc3)C(C)C)c2)CC1. The molecule has 1 amide bonds. The molecule has 0 saturated carbocycles. The van der Waals surface area contributed by atoms with Gasteiger partial charge in [-0.05, 0) is 38.1 Å². The Morgan fingerprint density at radius 3 is 2.44 bits per heavy atom. The first-order valence-corrected chi connectivity index (χ1v) is 9.86. The molecule has 27 heavy (non-hydrogen) atoms. The third-order valence-electron chi connectivity index (χ3n) is 5.21. The van der Waals surface area contributed by atoms with Gasteiger partial charge in [-0.1, -0.05) is 37.3 Å². The maximum Gasteiger partial charge on any atom is 0.254 e. The summed E-state index contributed by atoms with van der Waals surface area (Å²) in [4.78, 5) is 24.1. The largest absolute Gasteiger partial charge is 0.350 e. The predicted octanol–water partition coefficient (Wildman–Crippen LogP) is 3.27. The minimum Gasteiger partial charge on any atom is -0.350 e. The lowest BCUT2D eigenvalue weighted by Gasteiger charge is -2.34. The molecule has 1 aromatic carbocycles. The lowest BCUT2D eigenvalue weighted by atomic mass is 10.1. The normalized spacial score (nSPS) is 15.2. The molecule has 0 radical (unpaired) electrons.